The summed E-state index contributed by atoms with van der Waals surface area (Å²) in [5, 5.41) is 3.60. The molecule has 2 aromatic carbocycles. The zero-order valence-electron chi connectivity index (χ0n) is 15.3. The van der Waals surface area contributed by atoms with Gasteiger partial charge in [-0.25, -0.2) is 9.78 Å². The van der Waals surface area contributed by atoms with E-state index in [1.807, 2.05) is 23.1 Å². The van der Waals surface area contributed by atoms with Gasteiger partial charge in [0.25, 0.3) is 5.91 Å². The Hall–Kier alpha value is -2.97. The monoisotopic (exact) mass is 395 g/mol. The van der Waals surface area contributed by atoms with Crippen LogP contribution in [0.2, 0.25) is 0 Å². The van der Waals surface area contributed by atoms with Crippen LogP contribution in [-0.2, 0) is 6.54 Å². The normalized spacial score (nSPS) is 14.9. The molecule has 3 amide bonds. The van der Waals surface area contributed by atoms with E-state index in [1.165, 1.54) is 4.70 Å². The second-order valence-electron chi connectivity index (χ2n) is 6.71. The number of nitrogens with one attached hydrogen (secondary N) is 1. The molecule has 1 aliphatic rings. The number of amides is 3. The Labute approximate surface area is 166 Å². The van der Waals surface area contributed by atoms with E-state index in [-0.39, 0.29) is 5.91 Å². The summed E-state index contributed by atoms with van der Waals surface area (Å²) in [6.07, 6.45) is 0. The highest BCUT2D eigenvalue weighted by atomic mass is 32.1. The first kappa shape index (κ1) is 18.4. The van der Waals surface area contributed by atoms with Gasteiger partial charge < -0.3 is 16.0 Å². The van der Waals surface area contributed by atoms with Gasteiger partial charge >= 0.3 is 6.03 Å². The van der Waals surface area contributed by atoms with E-state index in [0.29, 0.717) is 24.3 Å². The highest BCUT2D eigenvalue weighted by Crippen LogP contribution is 2.23. The summed E-state index contributed by atoms with van der Waals surface area (Å²) in [5.41, 5.74) is 7.32. The third-order valence-corrected chi connectivity index (χ3v) is 5.78. The number of carbonyl (C=O) groups excluding carboxylic acids is 2. The lowest BCUT2D eigenvalue weighted by atomic mass is 10.1. The second kappa shape index (κ2) is 7.95. The predicted octanol–water partition coefficient (Wildman–Crippen LogP) is 2.74. The molecule has 7 nitrogen and oxygen atoms in total. The van der Waals surface area contributed by atoms with Gasteiger partial charge in [0.05, 0.1) is 16.8 Å². The fraction of sp³-hybridized carbons (Fsp3) is 0.250. The number of anilines is 1. The maximum absolute atomic E-state index is 12.7. The third-order valence-electron chi connectivity index (χ3n) is 4.76. The molecule has 4 rings (SSSR count). The maximum atomic E-state index is 12.7. The Balaban J connectivity index is 1.33. The lowest BCUT2D eigenvalue weighted by molar-refractivity contribution is 0.0628. The maximum Gasteiger partial charge on any atom is 0.316 e. The van der Waals surface area contributed by atoms with Crippen molar-refractivity contribution in [2.24, 2.45) is 5.73 Å². The number of fused-ring (bicyclic) bond motifs is 1. The SMILES string of the molecule is NC(=O)Nc1ccc(C(=O)N2CCN(Cc3nc4ccccc4s3)CC2)cc1. The first-order valence-corrected chi connectivity index (χ1v) is 9.93. The standard InChI is InChI=1S/C20H21N5O2S/c21-20(27)22-15-7-5-14(6-8-15)19(26)25-11-9-24(10-12-25)13-18-23-16-3-1-2-4-17(16)28-18/h1-8H,9-13H2,(H3,21,22,27). The van der Waals surface area contributed by atoms with Crippen molar-refractivity contribution >= 4 is 39.2 Å². The van der Waals surface area contributed by atoms with Crippen molar-refractivity contribution < 1.29 is 9.59 Å². The highest BCUT2D eigenvalue weighted by Gasteiger charge is 2.22. The van der Waals surface area contributed by atoms with Gasteiger partial charge in [0.2, 0.25) is 0 Å². The Morgan fingerprint density at radius 1 is 1.04 bits per heavy atom. The number of primary amides is 1. The summed E-state index contributed by atoms with van der Waals surface area (Å²) in [7, 11) is 0. The molecule has 0 atom stereocenters. The Morgan fingerprint density at radius 2 is 1.75 bits per heavy atom. The Bertz CT molecular complexity index is 960. The number of carbonyl (C=O) groups is 2. The van der Waals surface area contributed by atoms with Gasteiger partial charge in [-0.3, -0.25) is 9.69 Å². The summed E-state index contributed by atoms with van der Waals surface area (Å²) < 4.78 is 1.21. The van der Waals surface area contributed by atoms with Crippen LogP contribution in [0.4, 0.5) is 10.5 Å². The summed E-state index contributed by atoms with van der Waals surface area (Å²) in [5.74, 6) is 0.00487. The zero-order chi connectivity index (χ0) is 19.5. The summed E-state index contributed by atoms with van der Waals surface area (Å²) in [6.45, 7) is 3.83. The minimum Gasteiger partial charge on any atom is -0.351 e. The van der Waals surface area contributed by atoms with Gasteiger partial charge in [-0.05, 0) is 36.4 Å². The van der Waals surface area contributed by atoms with Crippen LogP contribution in [0.3, 0.4) is 0 Å². The molecule has 2 heterocycles. The van der Waals surface area contributed by atoms with Crippen LogP contribution in [0.25, 0.3) is 10.2 Å². The number of benzene rings is 2. The van der Waals surface area contributed by atoms with Crippen molar-refractivity contribution in [2.45, 2.75) is 6.54 Å². The van der Waals surface area contributed by atoms with Crippen LogP contribution in [0, 0.1) is 0 Å². The van der Waals surface area contributed by atoms with E-state index in [0.717, 1.165) is 30.2 Å². The zero-order valence-corrected chi connectivity index (χ0v) is 16.1. The quantitative estimate of drug-likeness (QED) is 0.711. The van der Waals surface area contributed by atoms with Gasteiger partial charge in [-0.1, -0.05) is 12.1 Å². The Kier molecular flexibility index (Phi) is 5.23. The average Bonchev–Trinajstić information content (AvgIpc) is 3.10. The number of hydrogen-bond donors (Lipinski definition) is 2. The van der Waals surface area contributed by atoms with Gasteiger partial charge in [-0.15, -0.1) is 11.3 Å². The number of piperazine rings is 1. The smallest absolute Gasteiger partial charge is 0.316 e. The number of rotatable bonds is 4. The number of urea groups is 1. The molecule has 0 radical (unpaired) electrons. The molecule has 0 saturated carbocycles. The average molecular weight is 395 g/mol. The van der Waals surface area contributed by atoms with E-state index in [1.54, 1.807) is 35.6 Å². The molecule has 3 N–H and O–H groups in total. The van der Waals surface area contributed by atoms with Crippen LogP contribution >= 0.6 is 11.3 Å². The topological polar surface area (TPSA) is 91.6 Å². The van der Waals surface area contributed by atoms with Crippen molar-refractivity contribution in [3.63, 3.8) is 0 Å². The summed E-state index contributed by atoms with van der Waals surface area (Å²) >= 11 is 1.73. The number of nitrogens with zero attached hydrogens (tertiary/aromatic N) is 3. The number of thiazole rings is 1. The number of hydrogen-bond acceptors (Lipinski definition) is 5. The van der Waals surface area contributed by atoms with E-state index in [2.05, 4.69) is 16.3 Å². The minimum atomic E-state index is -0.622. The van der Waals surface area contributed by atoms with Crippen LogP contribution in [-0.4, -0.2) is 52.9 Å². The molecule has 144 valence electrons. The van der Waals surface area contributed by atoms with Crippen molar-refractivity contribution in [3.8, 4) is 0 Å². The van der Waals surface area contributed by atoms with Crippen molar-refractivity contribution in [1.82, 2.24) is 14.8 Å². The van der Waals surface area contributed by atoms with Gasteiger partial charge in [0, 0.05) is 37.4 Å². The molecule has 1 saturated heterocycles. The predicted molar refractivity (Wildman–Crippen MR) is 110 cm³/mol. The largest absolute Gasteiger partial charge is 0.351 e. The van der Waals surface area contributed by atoms with Gasteiger partial charge in [0.1, 0.15) is 5.01 Å². The van der Waals surface area contributed by atoms with Gasteiger partial charge in [0.15, 0.2) is 0 Å². The second-order valence-corrected chi connectivity index (χ2v) is 7.83. The summed E-state index contributed by atoms with van der Waals surface area (Å²) in [4.78, 5) is 32.5. The Morgan fingerprint density at radius 3 is 2.43 bits per heavy atom. The van der Waals surface area contributed by atoms with E-state index in [4.69, 9.17) is 10.7 Å². The van der Waals surface area contributed by atoms with Crippen molar-refractivity contribution in [2.75, 3.05) is 31.5 Å². The fourth-order valence-electron chi connectivity index (χ4n) is 3.31. The van der Waals surface area contributed by atoms with E-state index < -0.39 is 6.03 Å². The van der Waals surface area contributed by atoms with Crippen LogP contribution < -0.4 is 11.1 Å². The molecule has 1 aromatic heterocycles. The molecule has 28 heavy (non-hydrogen) atoms. The molecule has 1 aliphatic heterocycles. The first-order valence-electron chi connectivity index (χ1n) is 9.11. The molecular formula is C20H21N5O2S. The lowest BCUT2D eigenvalue weighted by Gasteiger charge is -2.34. The molecule has 8 heteroatoms. The van der Waals surface area contributed by atoms with Crippen molar-refractivity contribution in [1.29, 1.82) is 0 Å². The number of aromatic nitrogens is 1. The van der Waals surface area contributed by atoms with Crippen LogP contribution in [0.1, 0.15) is 15.4 Å². The highest BCUT2D eigenvalue weighted by molar-refractivity contribution is 7.18. The summed E-state index contributed by atoms with van der Waals surface area (Å²) in [6, 6.07) is 14.3. The van der Waals surface area contributed by atoms with E-state index in [9.17, 15) is 9.59 Å². The third kappa shape index (κ3) is 4.13. The van der Waals surface area contributed by atoms with Gasteiger partial charge in [-0.2, -0.15) is 0 Å². The molecule has 3 aromatic rings. The van der Waals surface area contributed by atoms with Crippen LogP contribution in [0.5, 0.6) is 0 Å². The van der Waals surface area contributed by atoms with Crippen LogP contribution in [0.15, 0.2) is 48.5 Å². The first-order chi connectivity index (χ1) is 13.6. The minimum absolute atomic E-state index is 0.00487. The molecule has 0 spiro atoms. The lowest BCUT2D eigenvalue weighted by Crippen LogP contribution is -2.48. The number of nitrogens with two attached hydrogens (primary N) is 1. The molecule has 0 aliphatic carbocycles. The number of para-hydroxylation sites is 1. The molecule has 0 bridgehead atoms. The fourth-order valence-corrected chi connectivity index (χ4v) is 4.32. The molecule has 0 unspecified atom stereocenters. The van der Waals surface area contributed by atoms with E-state index >= 15 is 0 Å². The molecule has 1 fully saturated rings. The van der Waals surface area contributed by atoms with Crippen molar-refractivity contribution in [3.05, 3.63) is 59.1 Å². The molecular weight excluding hydrogens is 374 g/mol.